The molecule has 0 atom stereocenters. The fourth-order valence-electron chi connectivity index (χ4n) is 2.21. The second kappa shape index (κ2) is 5.49. The van der Waals surface area contributed by atoms with Crippen LogP contribution in [0.25, 0.3) is 0 Å². The molecule has 3 nitrogen and oxygen atoms in total. The first-order valence-corrected chi connectivity index (χ1v) is 6.50. The number of benzene rings is 1. The van der Waals surface area contributed by atoms with Gasteiger partial charge in [0, 0.05) is 12.1 Å². The molecule has 0 radical (unpaired) electrons. The molecule has 1 N–H and O–H groups in total. The summed E-state index contributed by atoms with van der Waals surface area (Å²) in [4.78, 5) is 12.2. The average molecular weight is 275 g/mol. The molecule has 1 aromatic heterocycles. The van der Waals surface area contributed by atoms with Gasteiger partial charge in [-0.3, -0.25) is 4.79 Å². The Morgan fingerprint density at radius 1 is 1.20 bits per heavy atom. The van der Waals surface area contributed by atoms with Gasteiger partial charge < -0.3 is 9.73 Å². The van der Waals surface area contributed by atoms with Crippen LogP contribution in [0.2, 0.25) is 0 Å². The van der Waals surface area contributed by atoms with E-state index in [1.54, 1.807) is 26.0 Å². The van der Waals surface area contributed by atoms with Crippen LogP contribution in [-0.4, -0.2) is 5.91 Å². The van der Waals surface area contributed by atoms with Crippen molar-refractivity contribution in [2.75, 3.05) is 0 Å². The Hall–Kier alpha value is -2.10. The molecule has 1 amide bonds. The Morgan fingerprint density at radius 2 is 1.90 bits per heavy atom. The molecule has 0 aliphatic rings. The summed E-state index contributed by atoms with van der Waals surface area (Å²) in [6, 6.07) is 4.81. The molecular weight excluding hydrogens is 257 g/mol. The van der Waals surface area contributed by atoms with E-state index in [4.69, 9.17) is 4.42 Å². The van der Waals surface area contributed by atoms with Gasteiger partial charge in [0.15, 0.2) is 0 Å². The highest BCUT2D eigenvalue weighted by Gasteiger charge is 2.18. The lowest BCUT2D eigenvalue weighted by molar-refractivity contribution is 0.0949. The van der Waals surface area contributed by atoms with Crippen LogP contribution in [0, 0.1) is 33.5 Å². The van der Waals surface area contributed by atoms with Crippen molar-refractivity contribution in [3.63, 3.8) is 0 Å². The lowest BCUT2D eigenvalue weighted by Crippen LogP contribution is -2.23. The van der Waals surface area contributed by atoms with Gasteiger partial charge in [-0.25, -0.2) is 4.39 Å². The number of aryl methyl sites for hydroxylation is 3. The molecule has 106 valence electrons. The SMILES string of the molecule is Cc1cc(CNC(=O)c2c(C)oc(C)c2C)ccc1F. The van der Waals surface area contributed by atoms with Gasteiger partial charge in [0.25, 0.3) is 5.91 Å². The van der Waals surface area contributed by atoms with Crippen LogP contribution >= 0.6 is 0 Å². The zero-order valence-corrected chi connectivity index (χ0v) is 12.1. The summed E-state index contributed by atoms with van der Waals surface area (Å²) in [6.07, 6.45) is 0. The molecule has 0 unspecified atom stereocenters. The summed E-state index contributed by atoms with van der Waals surface area (Å²) >= 11 is 0. The average Bonchev–Trinajstić information content (AvgIpc) is 2.64. The molecule has 0 saturated carbocycles. The zero-order chi connectivity index (χ0) is 14.9. The first-order valence-electron chi connectivity index (χ1n) is 6.50. The maximum absolute atomic E-state index is 13.2. The number of carbonyl (C=O) groups excluding carboxylic acids is 1. The molecule has 1 heterocycles. The Balaban J connectivity index is 2.10. The standard InChI is InChI=1S/C16H18FNO2/c1-9-7-13(5-6-14(9)17)8-18-16(19)15-10(2)11(3)20-12(15)4/h5-7H,8H2,1-4H3,(H,18,19). The molecular formula is C16H18FNO2. The highest BCUT2D eigenvalue weighted by Crippen LogP contribution is 2.20. The van der Waals surface area contributed by atoms with Crippen LogP contribution in [0.1, 0.15) is 38.6 Å². The Kier molecular flexibility index (Phi) is 3.93. The molecule has 2 aromatic rings. The summed E-state index contributed by atoms with van der Waals surface area (Å²) in [5.74, 6) is 0.967. The van der Waals surface area contributed by atoms with Crippen molar-refractivity contribution in [2.45, 2.75) is 34.2 Å². The summed E-state index contributed by atoms with van der Waals surface area (Å²) in [6.45, 7) is 7.54. The molecule has 0 aliphatic carbocycles. The molecule has 0 saturated heterocycles. The summed E-state index contributed by atoms with van der Waals surface area (Å²) in [5, 5.41) is 2.84. The van der Waals surface area contributed by atoms with E-state index in [2.05, 4.69) is 5.32 Å². The van der Waals surface area contributed by atoms with Crippen molar-refractivity contribution >= 4 is 5.91 Å². The summed E-state index contributed by atoms with van der Waals surface area (Å²) < 4.78 is 18.6. The molecule has 2 rings (SSSR count). The van der Waals surface area contributed by atoms with Gasteiger partial charge in [-0.2, -0.15) is 0 Å². The van der Waals surface area contributed by atoms with Crippen LogP contribution in [0.5, 0.6) is 0 Å². The van der Waals surface area contributed by atoms with Gasteiger partial charge in [0.2, 0.25) is 0 Å². The normalized spacial score (nSPS) is 10.7. The first kappa shape index (κ1) is 14.3. The molecule has 0 bridgehead atoms. The second-order valence-electron chi connectivity index (χ2n) is 4.98. The number of hydrogen-bond donors (Lipinski definition) is 1. The summed E-state index contributed by atoms with van der Waals surface area (Å²) in [7, 11) is 0. The van der Waals surface area contributed by atoms with E-state index in [-0.39, 0.29) is 11.7 Å². The van der Waals surface area contributed by atoms with Crippen LogP contribution in [0.3, 0.4) is 0 Å². The topological polar surface area (TPSA) is 42.2 Å². The monoisotopic (exact) mass is 275 g/mol. The Morgan fingerprint density at radius 3 is 2.45 bits per heavy atom. The maximum atomic E-state index is 13.2. The van der Waals surface area contributed by atoms with E-state index in [0.29, 0.717) is 23.4 Å². The first-order chi connectivity index (χ1) is 9.40. The lowest BCUT2D eigenvalue weighted by Gasteiger charge is -2.07. The van der Waals surface area contributed by atoms with Crippen LogP contribution < -0.4 is 5.32 Å². The van der Waals surface area contributed by atoms with Gasteiger partial charge in [-0.1, -0.05) is 12.1 Å². The fraction of sp³-hybridized carbons (Fsp3) is 0.312. The molecule has 1 aromatic carbocycles. The predicted octanol–water partition coefficient (Wildman–Crippen LogP) is 3.58. The number of furan rings is 1. The molecule has 4 heteroatoms. The smallest absolute Gasteiger partial charge is 0.255 e. The van der Waals surface area contributed by atoms with E-state index in [1.807, 2.05) is 13.8 Å². The fourth-order valence-corrected chi connectivity index (χ4v) is 2.21. The van der Waals surface area contributed by atoms with Crippen LogP contribution in [0.15, 0.2) is 22.6 Å². The Bertz CT molecular complexity index is 659. The summed E-state index contributed by atoms with van der Waals surface area (Å²) in [5.41, 5.74) is 2.88. The van der Waals surface area contributed by atoms with Crippen molar-refractivity contribution in [3.8, 4) is 0 Å². The third kappa shape index (κ3) is 2.74. The van der Waals surface area contributed by atoms with E-state index in [9.17, 15) is 9.18 Å². The van der Waals surface area contributed by atoms with Gasteiger partial charge in [0.05, 0.1) is 5.56 Å². The highest BCUT2D eigenvalue weighted by molar-refractivity contribution is 5.96. The van der Waals surface area contributed by atoms with Crippen LogP contribution in [0.4, 0.5) is 4.39 Å². The second-order valence-corrected chi connectivity index (χ2v) is 4.98. The number of carbonyl (C=O) groups is 1. The van der Waals surface area contributed by atoms with Crippen molar-refractivity contribution in [1.82, 2.24) is 5.32 Å². The number of amides is 1. The largest absolute Gasteiger partial charge is 0.466 e. The third-order valence-corrected chi connectivity index (χ3v) is 3.46. The zero-order valence-electron chi connectivity index (χ0n) is 12.1. The minimum Gasteiger partial charge on any atom is -0.466 e. The van der Waals surface area contributed by atoms with Crippen molar-refractivity contribution < 1.29 is 13.6 Å². The maximum Gasteiger partial charge on any atom is 0.255 e. The number of rotatable bonds is 3. The molecule has 0 spiro atoms. The minimum atomic E-state index is -0.239. The van der Waals surface area contributed by atoms with Gasteiger partial charge >= 0.3 is 0 Å². The van der Waals surface area contributed by atoms with Crippen LogP contribution in [-0.2, 0) is 6.54 Å². The quantitative estimate of drug-likeness (QED) is 0.930. The predicted molar refractivity (Wildman–Crippen MR) is 75.2 cm³/mol. The van der Waals surface area contributed by atoms with Gasteiger partial charge in [0.1, 0.15) is 17.3 Å². The minimum absolute atomic E-state index is 0.168. The van der Waals surface area contributed by atoms with Crippen molar-refractivity contribution in [1.29, 1.82) is 0 Å². The van der Waals surface area contributed by atoms with E-state index >= 15 is 0 Å². The number of nitrogens with one attached hydrogen (secondary N) is 1. The van der Waals surface area contributed by atoms with Gasteiger partial charge in [-0.15, -0.1) is 0 Å². The number of hydrogen-bond acceptors (Lipinski definition) is 2. The third-order valence-electron chi connectivity index (χ3n) is 3.46. The van der Waals surface area contributed by atoms with Crippen molar-refractivity contribution in [2.24, 2.45) is 0 Å². The van der Waals surface area contributed by atoms with E-state index in [0.717, 1.165) is 16.9 Å². The van der Waals surface area contributed by atoms with Gasteiger partial charge in [-0.05, 0) is 44.9 Å². The number of halogens is 1. The molecule has 0 fully saturated rings. The van der Waals surface area contributed by atoms with Crippen molar-refractivity contribution in [3.05, 3.63) is 57.8 Å². The molecule has 20 heavy (non-hydrogen) atoms. The molecule has 0 aliphatic heterocycles. The lowest BCUT2D eigenvalue weighted by atomic mass is 10.1. The highest BCUT2D eigenvalue weighted by atomic mass is 19.1. The van der Waals surface area contributed by atoms with E-state index < -0.39 is 0 Å². The van der Waals surface area contributed by atoms with E-state index in [1.165, 1.54) is 6.07 Å². The Labute approximate surface area is 117 Å².